The predicted octanol–water partition coefficient (Wildman–Crippen LogP) is 3.75. The topological polar surface area (TPSA) is 21.3 Å². The maximum absolute atomic E-state index is 5.38. The lowest BCUT2D eigenvalue weighted by atomic mass is 10.1. The molecule has 0 bridgehead atoms. The second-order valence-electron chi connectivity index (χ2n) is 5.45. The quantitative estimate of drug-likeness (QED) is 0.576. The van der Waals surface area contributed by atoms with E-state index in [1.165, 1.54) is 38.5 Å². The number of ether oxygens (including phenoxy) is 1. The maximum Gasteiger partial charge on any atom is 0.0746 e. The van der Waals surface area contributed by atoms with Gasteiger partial charge < -0.3 is 10.1 Å². The molecule has 2 heteroatoms. The average molecular weight is 229 g/mol. The summed E-state index contributed by atoms with van der Waals surface area (Å²) in [6, 6.07) is 0.607. The molecule has 0 aromatic heterocycles. The molecule has 0 aliphatic rings. The summed E-state index contributed by atoms with van der Waals surface area (Å²) >= 11 is 0. The van der Waals surface area contributed by atoms with Gasteiger partial charge in [0.25, 0.3) is 0 Å². The third-order valence-corrected chi connectivity index (χ3v) is 3.17. The highest BCUT2D eigenvalue weighted by molar-refractivity contribution is 4.73. The number of hydrogen-bond donors (Lipinski definition) is 1. The van der Waals surface area contributed by atoms with Gasteiger partial charge in [-0.1, -0.05) is 39.0 Å². The van der Waals surface area contributed by atoms with Gasteiger partial charge >= 0.3 is 0 Å². The monoisotopic (exact) mass is 229 g/mol. The van der Waals surface area contributed by atoms with Crippen LogP contribution in [-0.2, 0) is 4.74 Å². The van der Waals surface area contributed by atoms with Crippen molar-refractivity contribution in [3.05, 3.63) is 0 Å². The van der Waals surface area contributed by atoms with Crippen molar-refractivity contribution in [2.75, 3.05) is 13.7 Å². The Kier molecular flexibility index (Phi) is 8.96. The van der Waals surface area contributed by atoms with Gasteiger partial charge in [0.1, 0.15) is 0 Å². The second kappa shape index (κ2) is 9.00. The molecule has 0 radical (unpaired) electrons. The van der Waals surface area contributed by atoms with Crippen molar-refractivity contribution < 1.29 is 4.74 Å². The third kappa shape index (κ3) is 9.17. The fraction of sp³-hybridized carbons (Fsp3) is 1.00. The molecule has 1 atom stereocenters. The van der Waals surface area contributed by atoms with Gasteiger partial charge in [0.15, 0.2) is 0 Å². The summed E-state index contributed by atoms with van der Waals surface area (Å²) in [5.74, 6) is 0. The molecule has 0 spiro atoms. The fourth-order valence-electron chi connectivity index (χ4n) is 1.65. The molecule has 0 heterocycles. The Morgan fingerprint density at radius 3 is 2.31 bits per heavy atom. The number of rotatable bonds is 10. The van der Waals surface area contributed by atoms with Crippen LogP contribution < -0.4 is 5.32 Å². The largest absolute Gasteiger partial charge is 0.377 e. The highest BCUT2D eigenvalue weighted by Crippen LogP contribution is 2.09. The molecule has 0 aromatic carbocycles. The first-order valence-electron chi connectivity index (χ1n) is 6.80. The van der Waals surface area contributed by atoms with E-state index in [1.54, 1.807) is 7.11 Å². The molecule has 0 aromatic rings. The summed E-state index contributed by atoms with van der Waals surface area (Å²) in [5.41, 5.74) is -0.0452. The minimum absolute atomic E-state index is 0.0452. The van der Waals surface area contributed by atoms with E-state index in [0.717, 1.165) is 6.54 Å². The zero-order valence-electron chi connectivity index (χ0n) is 11.9. The van der Waals surface area contributed by atoms with Gasteiger partial charge in [0, 0.05) is 19.7 Å². The first-order valence-corrected chi connectivity index (χ1v) is 6.80. The fourth-order valence-corrected chi connectivity index (χ4v) is 1.65. The van der Waals surface area contributed by atoms with Crippen LogP contribution in [0, 0.1) is 0 Å². The van der Waals surface area contributed by atoms with Gasteiger partial charge in [-0.05, 0) is 27.2 Å². The van der Waals surface area contributed by atoms with E-state index in [9.17, 15) is 0 Å². The molecule has 1 unspecified atom stereocenters. The Morgan fingerprint density at radius 1 is 1.12 bits per heavy atom. The van der Waals surface area contributed by atoms with E-state index < -0.39 is 0 Å². The molecule has 0 aliphatic heterocycles. The minimum atomic E-state index is -0.0452. The Bertz CT molecular complexity index is 157. The number of hydrogen-bond acceptors (Lipinski definition) is 2. The highest BCUT2D eigenvalue weighted by atomic mass is 16.5. The molecular weight excluding hydrogens is 198 g/mol. The Hall–Kier alpha value is -0.0800. The maximum atomic E-state index is 5.38. The first kappa shape index (κ1) is 15.9. The van der Waals surface area contributed by atoms with Crippen LogP contribution >= 0.6 is 0 Å². The van der Waals surface area contributed by atoms with Crippen LogP contribution in [0.15, 0.2) is 0 Å². The van der Waals surface area contributed by atoms with Crippen molar-refractivity contribution >= 4 is 0 Å². The highest BCUT2D eigenvalue weighted by Gasteiger charge is 2.16. The van der Waals surface area contributed by atoms with Crippen LogP contribution in [0.3, 0.4) is 0 Å². The normalized spacial score (nSPS) is 14.1. The van der Waals surface area contributed by atoms with Crippen molar-refractivity contribution in [1.82, 2.24) is 5.32 Å². The lowest BCUT2D eigenvalue weighted by Crippen LogP contribution is -2.40. The molecule has 0 amide bonds. The van der Waals surface area contributed by atoms with E-state index in [4.69, 9.17) is 4.74 Å². The van der Waals surface area contributed by atoms with E-state index in [1.807, 2.05) is 0 Å². The standard InChI is InChI=1S/C14H31NO/c1-6-7-8-9-10-11-13(2)15-12-14(3,4)16-5/h13,15H,6-12H2,1-5H3. The van der Waals surface area contributed by atoms with E-state index in [2.05, 4.69) is 33.0 Å². The Labute approximate surface area is 102 Å². The zero-order valence-corrected chi connectivity index (χ0v) is 11.9. The van der Waals surface area contributed by atoms with E-state index in [-0.39, 0.29) is 5.60 Å². The summed E-state index contributed by atoms with van der Waals surface area (Å²) in [7, 11) is 1.77. The van der Waals surface area contributed by atoms with Crippen LogP contribution in [0.4, 0.5) is 0 Å². The lowest BCUT2D eigenvalue weighted by molar-refractivity contribution is 0.0212. The molecule has 16 heavy (non-hydrogen) atoms. The molecule has 2 nitrogen and oxygen atoms in total. The molecule has 0 saturated carbocycles. The van der Waals surface area contributed by atoms with Gasteiger partial charge in [-0.25, -0.2) is 0 Å². The molecule has 98 valence electrons. The molecular formula is C14H31NO. The molecule has 0 rings (SSSR count). The number of nitrogens with one attached hydrogen (secondary N) is 1. The van der Waals surface area contributed by atoms with Crippen LogP contribution in [0.2, 0.25) is 0 Å². The van der Waals surface area contributed by atoms with Crippen LogP contribution in [0.25, 0.3) is 0 Å². The summed E-state index contributed by atoms with van der Waals surface area (Å²) < 4.78 is 5.38. The average Bonchev–Trinajstić information content (AvgIpc) is 2.26. The first-order chi connectivity index (χ1) is 7.52. The van der Waals surface area contributed by atoms with Crippen molar-refractivity contribution in [3.63, 3.8) is 0 Å². The SMILES string of the molecule is CCCCCCCC(C)NCC(C)(C)OC. The zero-order chi connectivity index (χ0) is 12.4. The summed E-state index contributed by atoms with van der Waals surface area (Å²) in [6.45, 7) is 9.70. The van der Waals surface area contributed by atoms with Crippen molar-refractivity contribution in [3.8, 4) is 0 Å². The molecule has 1 N–H and O–H groups in total. The van der Waals surface area contributed by atoms with E-state index >= 15 is 0 Å². The Balaban J connectivity index is 3.41. The van der Waals surface area contributed by atoms with Gasteiger partial charge in [-0.15, -0.1) is 0 Å². The van der Waals surface area contributed by atoms with Crippen molar-refractivity contribution in [1.29, 1.82) is 0 Å². The second-order valence-corrected chi connectivity index (χ2v) is 5.45. The summed E-state index contributed by atoms with van der Waals surface area (Å²) in [4.78, 5) is 0. The predicted molar refractivity (Wildman–Crippen MR) is 71.9 cm³/mol. The Morgan fingerprint density at radius 2 is 1.75 bits per heavy atom. The number of methoxy groups -OCH3 is 1. The van der Waals surface area contributed by atoms with Gasteiger partial charge in [-0.3, -0.25) is 0 Å². The van der Waals surface area contributed by atoms with Gasteiger partial charge in [-0.2, -0.15) is 0 Å². The molecule has 0 saturated heterocycles. The van der Waals surface area contributed by atoms with Crippen molar-refractivity contribution in [2.45, 2.75) is 77.9 Å². The smallest absolute Gasteiger partial charge is 0.0746 e. The van der Waals surface area contributed by atoms with Crippen molar-refractivity contribution in [2.24, 2.45) is 0 Å². The molecule has 0 aliphatic carbocycles. The van der Waals surface area contributed by atoms with Gasteiger partial charge in [0.2, 0.25) is 0 Å². The van der Waals surface area contributed by atoms with Gasteiger partial charge in [0.05, 0.1) is 5.60 Å². The third-order valence-electron chi connectivity index (χ3n) is 3.17. The minimum Gasteiger partial charge on any atom is -0.377 e. The van der Waals surface area contributed by atoms with Crippen LogP contribution in [0.5, 0.6) is 0 Å². The lowest BCUT2D eigenvalue weighted by Gasteiger charge is -2.25. The summed E-state index contributed by atoms with van der Waals surface area (Å²) in [6.07, 6.45) is 8.12. The van der Waals surface area contributed by atoms with Crippen LogP contribution in [0.1, 0.15) is 66.2 Å². The molecule has 0 fully saturated rings. The van der Waals surface area contributed by atoms with E-state index in [0.29, 0.717) is 6.04 Å². The summed E-state index contributed by atoms with van der Waals surface area (Å²) in [5, 5.41) is 3.54. The van der Waals surface area contributed by atoms with Crippen LogP contribution in [-0.4, -0.2) is 25.3 Å². The number of unbranched alkanes of at least 4 members (excludes halogenated alkanes) is 4.